The molecule has 1 N–H and O–H groups in total. The van der Waals surface area contributed by atoms with E-state index in [2.05, 4.69) is 157 Å². The molecule has 0 radical (unpaired) electrons. The third kappa shape index (κ3) is 5.38. The number of anilines is 3. The van der Waals surface area contributed by atoms with Crippen LogP contribution >= 0.6 is 0 Å². The first-order valence-electron chi connectivity index (χ1n) is 16.0. The normalized spacial score (nSPS) is 12.9. The van der Waals surface area contributed by atoms with E-state index in [0.29, 0.717) is 0 Å². The summed E-state index contributed by atoms with van der Waals surface area (Å²) in [4.78, 5) is 2.30. The van der Waals surface area contributed by atoms with Gasteiger partial charge < -0.3 is 9.64 Å². The van der Waals surface area contributed by atoms with Crippen molar-refractivity contribution in [3.05, 3.63) is 188 Å². The lowest BCUT2D eigenvalue weighted by Gasteiger charge is -2.26. The van der Waals surface area contributed by atoms with Crippen molar-refractivity contribution in [2.75, 3.05) is 4.90 Å². The van der Waals surface area contributed by atoms with E-state index in [9.17, 15) is 0 Å². The van der Waals surface area contributed by atoms with E-state index in [1.165, 1.54) is 22.3 Å². The predicted octanol–water partition coefficient (Wildman–Crippen LogP) is 12.2. The zero-order valence-electron chi connectivity index (χ0n) is 26.3. The molecule has 0 amide bonds. The van der Waals surface area contributed by atoms with Gasteiger partial charge in [-0.1, -0.05) is 128 Å². The minimum absolute atomic E-state index is 0.154. The summed E-state index contributed by atoms with van der Waals surface area (Å²) in [7, 11) is 0. The molecule has 7 aromatic rings. The van der Waals surface area contributed by atoms with Gasteiger partial charge in [-0.3, -0.25) is 5.41 Å². The number of fused-ring (bicyclic) bond motifs is 3. The number of nitrogens with zero attached hydrogens (tertiary/aromatic N) is 1. The molecule has 1 heterocycles. The second kappa shape index (κ2) is 12.4. The SMILES string of the molecule is C=C/C=C1\C(=N)Oc2c1ccc1ccc(-c3ccc(N(c4ccc(-c5ccccc5)cc4)c4ccc(-c5ccccc5)cc4)cc3)cc21. The van der Waals surface area contributed by atoms with Gasteiger partial charge >= 0.3 is 0 Å². The second-order valence-electron chi connectivity index (χ2n) is 11.8. The van der Waals surface area contributed by atoms with Crippen LogP contribution in [-0.4, -0.2) is 5.90 Å². The Morgan fingerprint density at radius 1 is 0.500 bits per heavy atom. The molecule has 0 aliphatic carbocycles. The van der Waals surface area contributed by atoms with Crippen LogP contribution in [0.4, 0.5) is 17.1 Å². The smallest absolute Gasteiger partial charge is 0.220 e. The summed E-state index contributed by atoms with van der Waals surface area (Å²) in [5.41, 5.74) is 11.9. The Morgan fingerprint density at radius 3 is 1.44 bits per heavy atom. The van der Waals surface area contributed by atoms with E-state index in [-0.39, 0.29) is 5.90 Å². The molecule has 3 heteroatoms. The molecule has 1 aliphatic rings. The molecular formula is C45H32N2O. The fraction of sp³-hybridized carbons (Fsp3) is 0. The van der Waals surface area contributed by atoms with Gasteiger partial charge in [0, 0.05) is 33.6 Å². The third-order valence-corrected chi connectivity index (χ3v) is 8.92. The lowest BCUT2D eigenvalue weighted by molar-refractivity contribution is 0.573. The van der Waals surface area contributed by atoms with E-state index in [1.807, 2.05) is 24.3 Å². The molecule has 7 aromatic carbocycles. The highest BCUT2D eigenvalue weighted by molar-refractivity contribution is 6.25. The maximum Gasteiger partial charge on any atom is 0.220 e. The lowest BCUT2D eigenvalue weighted by atomic mass is 9.97. The van der Waals surface area contributed by atoms with Crippen LogP contribution in [0.15, 0.2) is 183 Å². The number of nitrogens with one attached hydrogen (secondary N) is 1. The molecule has 0 saturated carbocycles. The summed E-state index contributed by atoms with van der Waals surface area (Å²) >= 11 is 0. The average molecular weight is 617 g/mol. The van der Waals surface area contributed by atoms with E-state index >= 15 is 0 Å². The van der Waals surface area contributed by atoms with E-state index in [0.717, 1.165) is 55.8 Å². The van der Waals surface area contributed by atoms with Gasteiger partial charge in [0.2, 0.25) is 5.90 Å². The number of allylic oxidation sites excluding steroid dienone is 2. The summed E-state index contributed by atoms with van der Waals surface area (Å²) in [6.45, 7) is 3.81. The van der Waals surface area contributed by atoms with Crippen molar-refractivity contribution in [3.8, 4) is 39.1 Å². The summed E-state index contributed by atoms with van der Waals surface area (Å²) in [6.07, 6.45) is 3.53. The fourth-order valence-electron chi connectivity index (χ4n) is 6.47. The molecule has 0 spiro atoms. The number of benzene rings is 7. The monoisotopic (exact) mass is 616 g/mol. The molecule has 1 aliphatic heterocycles. The first-order valence-corrected chi connectivity index (χ1v) is 16.0. The Hall–Kier alpha value is -6.45. The van der Waals surface area contributed by atoms with Crippen LogP contribution in [0.2, 0.25) is 0 Å². The summed E-state index contributed by atoms with van der Waals surface area (Å²) in [5, 5.41) is 10.4. The number of hydrogen-bond acceptors (Lipinski definition) is 3. The number of rotatable bonds is 7. The Labute approximate surface area is 280 Å². The standard InChI is InChI=1S/C45H32N2O/c1-2-9-42-41-29-22-36-14-15-37(30-43(36)44(41)48-45(42)46)35-20-27-40(28-21-35)47(38-23-16-33(17-24-38)31-10-5-3-6-11-31)39-25-18-34(19-26-39)32-12-7-4-8-13-32/h2-30,46H,1H2/b42-9-,46-45?. The van der Waals surface area contributed by atoms with Gasteiger partial charge in [-0.05, 0) is 93.4 Å². The van der Waals surface area contributed by atoms with Crippen LogP contribution in [0, 0.1) is 5.41 Å². The highest BCUT2D eigenvalue weighted by Gasteiger charge is 2.25. The van der Waals surface area contributed by atoms with E-state index < -0.39 is 0 Å². The fourth-order valence-corrected chi connectivity index (χ4v) is 6.47. The zero-order chi connectivity index (χ0) is 32.5. The minimum atomic E-state index is 0.154. The molecule has 0 unspecified atom stereocenters. The van der Waals surface area contributed by atoms with Gasteiger partial charge in [-0.2, -0.15) is 0 Å². The van der Waals surface area contributed by atoms with Crippen molar-refractivity contribution < 1.29 is 4.74 Å². The summed E-state index contributed by atoms with van der Waals surface area (Å²) in [6, 6.07) is 57.7. The molecule has 228 valence electrons. The molecule has 0 fully saturated rings. The molecule has 0 atom stereocenters. The minimum Gasteiger partial charge on any atom is -0.438 e. The Kier molecular flexibility index (Phi) is 7.48. The van der Waals surface area contributed by atoms with Crippen LogP contribution < -0.4 is 9.64 Å². The molecule has 8 rings (SSSR count). The van der Waals surface area contributed by atoms with E-state index in [1.54, 1.807) is 6.08 Å². The largest absolute Gasteiger partial charge is 0.438 e. The first-order chi connectivity index (χ1) is 23.7. The predicted molar refractivity (Wildman–Crippen MR) is 201 cm³/mol. The van der Waals surface area contributed by atoms with Gasteiger partial charge in [0.15, 0.2) is 0 Å². The zero-order valence-corrected chi connectivity index (χ0v) is 26.3. The van der Waals surface area contributed by atoms with Crippen LogP contribution in [0.1, 0.15) is 5.56 Å². The van der Waals surface area contributed by atoms with Crippen molar-refractivity contribution in [1.82, 2.24) is 0 Å². The van der Waals surface area contributed by atoms with Gasteiger partial charge in [0.05, 0.1) is 0 Å². The third-order valence-electron chi connectivity index (χ3n) is 8.92. The second-order valence-corrected chi connectivity index (χ2v) is 11.8. The van der Waals surface area contributed by atoms with Crippen LogP contribution in [-0.2, 0) is 0 Å². The van der Waals surface area contributed by atoms with Crippen LogP contribution in [0.3, 0.4) is 0 Å². The molecule has 48 heavy (non-hydrogen) atoms. The number of ether oxygens (including phenoxy) is 1. The topological polar surface area (TPSA) is 36.3 Å². The van der Waals surface area contributed by atoms with Crippen molar-refractivity contribution in [1.29, 1.82) is 5.41 Å². The Balaban J connectivity index is 1.17. The van der Waals surface area contributed by atoms with Crippen molar-refractivity contribution in [2.24, 2.45) is 0 Å². The maximum atomic E-state index is 8.36. The molecular weight excluding hydrogens is 585 g/mol. The molecule has 0 bridgehead atoms. The van der Waals surface area contributed by atoms with Crippen molar-refractivity contribution in [3.63, 3.8) is 0 Å². The van der Waals surface area contributed by atoms with Crippen LogP contribution in [0.5, 0.6) is 5.75 Å². The Morgan fingerprint density at radius 2 is 0.938 bits per heavy atom. The van der Waals surface area contributed by atoms with Gasteiger partial charge in [-0.15, -0.1) is 0 Å². The lowest BCUT2D eigenvalue weighted by Crippen LogP contribution is -2.09. The summed E-state index contributed by atoms with van der Waals surface area (Å²) < 4.78 is 5.96. The molecule has 0 saturated heterocycles. The highest BCUT2D eigenvalue weighted by Crippen LogP contribution is 2.42. The highest BCUT2D eigenvalue weighted by atomic mass is 16.5. The first kappa shape index (κ1) is 29.0. The molecule has 3 nitrogen and oxygen atoms in total. The van der Waals surface area contributed by atoms with E-state index in [4.69, 9.17) is 10.1 Å². The average Bonchev–Trinajstić information content (AvgIpc) is 3.48. The van der Waals surface area contributed by atoms with Crippen molar-refractivity contribution in [2.45, 2.75) is 0 Å². The van der Waals surface area contributed by atoms with Gasteiger partial charge in [-0.25, -0.2) is 0 Å². The molecule has 0 aromatic heterocycles. The number of hydrogen-bond donors (Lipinski definition) is 1. The summed E-state index contributed by atoms with van der Waals surface area (Å²) in [5.74, 6) is 0.883. The quantitative estimate of drug-likeness (QED) is 0.193. The Bertz CT molecular complexity index is 2220. The van der Waals surface area contributed by atoms with Gasteiger partial charge in [0.25, 0.3) is 0 Å². The van der Waals surface area contributed by atoms with Crippen molar-refractivity contribution >= 4 is 39.3 Å². The maximum absolute atomic E-state index is 8.36. The van der Waals surface area contributed by atoms with Gasteiger partial charge in [0.1, 0.15) is 5.75 Å². The van der Waals surface area contributed by atoms with Crippen LogP contribution in [0.25, 0.3) is 49.7 Å².